The number of piperazine rings is 1. The number of phenolic OH excluding ortho intramolecular Hbond substituents is 1. The van der Waals surface area contributed by atoms with E-state index in [9.17, 15) is 5.11 Å². The van der Waals surface area contributed by atoms with Crippen LogP contribution in [0.3, 0.4) is 0 Å². The summed E-state index contributed by atoms with van der Waals surface area (Å²) in [6, 6.07) is 15.2. The van der Waals surface area contributed by atoms with Gasteiger partial charge in [0.15, 0.2) is 5.82 Å². The summed E-state index contributed by atoms with van der Waals surface area (Å²) in [5.41, 5.74) is 1.56. The lowest BCUT2D eigenvalue weighted by Crippen LogP contribution is -2.44. The number of aromatic nitrogens is 2. The zero-order valence-corrected chi connectivity index (χ0v) is 12.7. The predicted molar refractivity (Wildman–Crippen MR) is 91.7 cm³/mol. The van der Waals surface area contributed by atoms with Crippen LogP contribution in [-0.4, -0.2) is 41.3 Å². The van der Waals surface area contributed by atoms with E-state index in [-0.39, 0.29) is 5.75 Å². The highest BCUT2D eigenvalue weighted by atomic mass is 16.3. The maximum absolute atomic E-state index is 10.1. The van der Waals surface area contributed by atoms with Gasteiger partial charge in [0.2, 0.25) is 0 Å². The summed E-state index contributed by atoms with van der Waals surface area (Å²) in [4.78, 5) is 11.7. The minimum Gasteiger partial charge on any atom is -0.507 e. The van der Waals surface area contributed by atoms with Gasteiger partial charge in [-0.25, -0.2) is 9.97 Å². The lowest BCUT2D eigenvalue weighted by atomic mass is 10.1. The smallest absolute Gasteiger partial charge is 0.165 e. The van der Waals surface area contributed by atoms with Gasteiger partial charge in [0.25, 0.3) is 0 Å². The van der Waals surface area contributed by atoms with Gasteiger partial charge in [-0.15, -0.1) is 0 Å². The topological polar surface area (TPSA) is 61.3 Å². The maximum Gasteiger partial charge on any atom is 0.165 e. The summed E-state index contributed by atoms with van der Waals surface area (Å²) >= 11 is 0. The lowest BCUT2D eigenvalue weighted by Gasteiger charge is -2.29. The zero-order chi connectivity index (χ0) is 15.6. The monoisotopic (exact) mass is 306 g/mol. The fourth-order valence-corrected chi connectivity index (χ4v) is 2.96. The first kappa shape index (κ1) is 14.0. The summed E-state index contributed by atoms with van der Waals surface area (Å²) in [6.07, 6.45) is 0. The number of hydrogen-bond acceptors (Lipinski definition) is 5. The molecule has 23 heavy (non-hydrogen) atoms. The van der Waals surface area contributed by atoms with Gasteiger partial charge in [0.1, 0.15) is 11.6 Å². The first-order valence-corrected chi connectivity index (χ1v) is 7.84. The second-order valence-corrected chi connectivity index (χ2v) is 5.64. The third kappa shape index (κ3) is 2.59. The predicted octanol–water partition coefficient (Wildman–Crippen LogP) is 2.41. The highest BCUT2D eigenvalue weighted by molar-refractivity contribution is 5.91. The fourth-order valence-electron chi connectivity index (χ4n) is 2.96. The molecule has 5 nitrogen and oxygen atoms in total. The van der Waals surface area contributed by atoms with Crippen molar-refractivity contribution < 1.29 is 5.11 Å². The minimum absolute atomic E-state index is 0.203. The third-order valence-electron chi connectivity index (χ3n) is 4.14. The molecule has 1 aliphatic rings. The average Bonchev–Trinajstić information content (AvgIpc) is 2.62. The van der Waals surface area contributed by atoms with E-state index in [1.807, 2.05) is 30.3 Å². The summed E-state index contributed by atoms with van der Waals surface area (Å²) < 4.78 is 0. The van der Waals surface area contributed by atoms with Crippen LogP contribution in [0.5, 0.6) is 5.75 Å². The Labute approximate surface area is 134 Å². The molecule has 1 fully saturated rings. The van der Waals surface area contributed by atoms with Crippen LogP contribution in [0.4, 0.5) is 5.82 Å². The Balaban J connectivity index is 1.91. The van der Waals surface area contributed by atoms with Crippen molar-refractivity contribution in [3.63, 3.8) is 0 Å². The van der Waals surface area contributed by atoms with Gasteiger partial charge in [-0.1, -0.05) is 24.3 Å². The van der Waals surface area contributed by atoms with Gasteiger partial charge in [0, 0.05) is 31.6 Å². The van der Waals surface area contributed by atoms with Crippen LogP contribution in [-0.2, 0) is 0 Å². The van der Waals surface area contributed by atoms with Gasteiger partial charge in [0.05, 0.1) is 11.1 Å². The van der Waals surface area contributed by atoms with Crippen molar-refractivity contribution in [1.82, 2.24) is 15.3 Å². The van der Waals surface area contributed by atoms with Gasteiger partial charge < -0.3 is 15.3 Å². The summed E-state index contributed by atoms with van der Waals surface area (Å²) in [7, 11) is 0. The second kappa shape index (κ2) is 5.85. The van der Waals surface area contributed by atoms with Crippen LogP contribution in [0.2, 0.25) is 0 Å². The van der Waals surface area contributed by atoms with Crippen molar-refractivity contribution in [2.75, 3.05) is 31.1 Å². The number of para-hydroxylation sites is 2. The van der Waals surface area contributed by atoms with Crippen molar-refractivity contribution in [3.05, 3.63) is 48.5 Å². The molecular weight excluding hydrogens is 288 g/mol. The maximum atomic E-state index is 10.1. The average molecular weight is 306 g/mol. The first-order valence-electron chi connectivity index (χ1n) is 7.84. The van der Waals surface area contributed by atoms with Crippen LogP contribution < -0.4 is 10.2 Å². The number of fused-ring (bicyclic) bond motifs is 1. The molecular formula is C18H18N4O. The Bertz CT molecular complexity index is 843. The SMILES string of the molecule is Oc1ccccc1-c1nc(N2CCNCC2)c2ccccc2n1. The Morgan fingerprint density at radius 2 is 1.65 bits per heavy atom. The van der Waals surface area contributed by atoms with E-state index in [0.717, 1.165) is 42.9 Å². The molecule has 0 spiro atoms. The van der Waals surface area contributed by atoms with Gasteiger partial charge >= 0.3 is 0 Å². The molecule has 0 saturated carbocycles. The van der Waals surface area contributed by atoms with E-state index in [1.165, 1.54) is 0 Å². The Kier molecular flexibility index (Phi) is 3.55. The van der Waals surface area contributed by atoms with E-state index in [4.69, 9.17) is 4.98 Å². The number of aromatic hydroxyl groups is 1. The largest absolute Gasteiger partial charge is 0.507 e. The highest BCUT2D eigenvalue weighted by Crippen LogP contribution is 2.31. The van der Waals surface area contributed by atoms with Crippen LogP contribution in [0.15, 0.2) is 48.5 Å². The van der Waals surface area contributed by atoms with Crippen molar-refractivity contribution in [2.24, 2.45) is 0 Å². The molecule has 0 aliphatic carbocycles. The third-order valence-corrected chi connectivity index (χ3v) is 4.14. The van der Waals surface area contributed by atoms with Gasteiger partial charge in [-0.05, 0) is 24.3 Å². The van der Waals surface area contributed by atoms with E-state index < -0.39 is 0 Å². The summed E-state index contributed by atoms with van der Waals surface area (Å²) in [5.74, 6) is 1.71. The summed E-state index contributed by atoms with van der Waals surface area (Å²) in [6.45, 7) is 3.73. The normalized spacial score (nSPS) is 15.0. The van der Waals surface area contributed by atoms with Crippen molar-refractivity contribution in [1.29, 1.82) is 0 Å². The molecule has 0 radical (unpaired) electrons. The van der Waals surface area contributed by atoms with E-state index >= 15 is 0 Å². The molecule has 0 amide bonds. The molecule has 3 aromatic rings. The molecule has 5 heteroatoms. The lowest BCUT2D eigenvalue weighted by molar-refractivity contribution is 0.477. The molecule has 1 aromatic heterocycles. The molecule has 1 aliphatic heterocycles. The zero-order valence-electron chi connectivity index (χ0n) is 12.7. The van der Waals surface area contributed by atoms with Crippen LogP contribution in [0.25, 0.3) is 22.3 Å². The van der Waals surface area contributed by atoms with E-state index in [0.29, 0.717) is 11.4 Å². The Hall–Kier alpha value is -2.66. The Morgan fingerprint density at radius 1 is 0.913 bits per heavy atom. The number of phenols is 1. The molecule has 1 saturated heterocycles. The fraction of sp³-hybridized carbons (Fsp3) is 0.222. The molecule has 2 N–H and O–H groups in total. The number of anilines is 1. The quantitative estimate of drug-likeness (QED) is 0.761. The van der Waals surface area contributed by atoms with E-state index in [1.54, 1.807) is 12.1 Å². The number of hydrogen-bond donors (Lipinski definition) is 2. The molecule has 2 heterocycles. The van der Waals surface area contributed by atoms with Crippen LogP contribution in [0.1, 0.15) is 0 Å². The summed E-state index contributed by atoms with van der Waals surface area (Å²) in [5, 5.41) is 14.5. The standard InChI is InChI=1S/C18H18N4O/c23-16-8-4-2-6-14(16)17-20-15-7-3-1-5-13(15)18(21-17)22-11-9-19-10-12-22/h1-8,19,23H,9-12H2. The minimum atomic E-state index is 0.203. The number of benzene rings is 2. The highest BCUT2D eigenvalue weighted by Gasteiger charge is 2.18. The second-order valence-electron chi connectivity index (χ2n) is 5.64. The molecule has 0 atom stereocenters. The van der Waals surface area contributed by atoms with Crippen molar-refractivity contribution in [2.45, 2.75) is 0 Å². The molecule has 4 rings (SSSR count). The van der Waals surface area contributed by atoms with Crippen LogP contribution >= 0.6 is 0 Å². The number of nitrogens with zero attached hydrogens (tertiary/aromatic N) is 3. The van der Waals surface area contributed by atoms with Crippen LogP contribution in [0, 0.1) is 0 Å². The Morgan fingerprint density at radius 3 is 2.48 bits per heavy atom. The first-order chi connectivity index (χ1) is 11.3. The molecule has 0 unspecified atom stereocenters. The van der Waals surface area contributed by atoms with Gasteiger partial charge in [-0.2, -0.15) is 0 Å². The van der Waals surface area contributed by atoms with Crippen molar-refractivity contribution in [3.8, 4) is 17.1 Å². The van der Waals surface area contributed by atoms with Crippen molar-refractivity contribution >= 4 is 16.7 Å². The molecule has 0 bridgehead atoms. The molecule has 2 aromatic carbocycles. The van der Waals surface area contributed by atoms with Gasteiger partial charge in [-0.3, -0.25) is 0 Å². The van der Waals surface area contributed by atoms with E-state index in [2.05, 4.69) is 21.3 Å². The molecule has 116 valence electrons. The number of nitrogens with one attached hydrogen (secondary N) is 1. The number of rotatable bonds is 2.